The molecule has 17 heavy (non-hydrogen) atoms. The van der Waals surface area contributed by atoms with E-state index in [1.54, 1.807) is 4.57 Å². The van der Waals surface area contributed by atoms with Gasteiger partial charge in [-0.25, -0.2) is 13.6 Å². The molecule has 0 spiro atoms. The number of hydrogen-bond acceptors (Lipinski definition) is 3. The van der Waals surface area contributed by atoms with Crippen molar-refractivity contribution < 1.29 is 13.2 Å². The van der Waals surface area contributed by atoms with Crippen LogP contribution in [0.2, 0.25) is 0 Å². The Morgan fingerprint density at radius 3 is 2.71 bits per heavy atom. The van der Waals surface area contributed by atoms with Crippen molar-refractivity contribution in [2.24, 2.45) is 5.14 Å². The van der Waals surface area contributed by atoms with Gasteiger partial charge < -0.3 is 9.88 Å². The van der Waals surface area contributed by atoms with E-state index in [-0.39, 0.29) is 16.8 Å². The molecule has 0 saturated heterocycles. The quantitative estimate of drug-likeness (QED) is 0.797. The number of nitrogens with two attached hydrogens (primary N) is 1. The Hall–Kier alpha value is -1.34. The normalized spacial score (nSPS) is 15.9. The largest absolute Gasteiger partial charge is 0.348 e. The van der Waals surface area contributed by atoms with Crippen LogP contribution in [0.5, 0.6) is 0 Å². The van der Waals surface area contributed by atoms with Crippen LogP contribution in [0.4, 0.5) is 0 Å². The maximum atomic E-state index is 11.8. The third-order valence-corrected chi connectivity index (χ3v) is 3.57. The van der Waals surface area contributed by atoms with Gasteiger partial charge in [-0.1, -0.05) is 0 Å². The average Bonchev–Trinajstić information content (AvgIpc) is 2.93. The van der Waals surface area contributed by atoms with Crippen LogP contribution in [0, 0.1) is 0 Å². The van der Waals surface area contributed by atoms with Gasteiger partial charge in [0.15, 0.2) is 0 Å². The Morgan fingerprint density at radius 2 is 2.24 bits per heavy atom. The fourth-order valence-electron chi connectivity index (χ4n) is 1.58. The minimum Gasteiger partial charge on any atom is -0.348 e. The average molecular weight is 257 g/mol. The summed E-state index contributed by atoms with van der Waals surface area (Å²) in [7, 11) is -3.76. The summed E-state index contributed by atoms with van der Waals surface area (Å²) in [6.45, 7) is 2.35. The van der Waals surface area contributed by atoms with Crippen molar-refractivity contribution in [1.82, 2.24) is 9.88 Å². The highest BCUT2D eigenvalue weighted by atomic mass is 32.2. The van der Waals surface area contributed by atoms with Crippen molar-refractivity contribution >= 4 is 15.9 Å². The van der Waals surface area contributed by atoms with Gasteiger partial charge in [0.1, 0.15) is 10.6 Å². The van der Waals surface area contributed by atoms with E-state index in [2.05, 4.69) is 5.32 Å². The summed E-state index contributed by atoms with van der Waals surface area (Å²) in [5.74, 6) is -0.246. The minimum absolute atomic E-state index is 0.0275. The van der Waals surface area contributed by atoms with E-state index in [1.807, 2.05) is 6.92 Å². The van der Waals surface area contributed by atoms with Crippen LogP contribution < -0.4 is 10.5 Å². The van der Waals surface area contributed by atoms with Gasteiger partial charge in [-0.05, 0) is 25.8 Å². The second-order valence-corrected chi connectivity index (χ2v) is 5.70. The van der Waals surface area contributed by atoms with Crippen LogP contribution >= 0.6 is 0 Å². The first kappa shape index (κ1) is 12.1. The van der Waals surface area contributed by atoms with Gasteiger partial charge in [-0.15, -0.1) is 0 Å². The number of nitrogens with one attached hydrogen (secondary N) is 1. The Morgan fingerprint density at radius 1 is 1.59 bits per heavy atom. The predicted octanol–water partition coefficient (Wildman–Crippen LogP) is 0.0476. The second kappa shape index (κ2) is 4.15. The van der Waals surface area contributed by atoms with Gasteiger partial charge >= 0.3 is 0 Å². The summed E-state index contributed by atoms with van der Waals surface area (Å²) in [6, 6.07) is 1.55. The summed E-state index contributed by atoms with van der Waals surface area (Å²) in [6.07, 6.45) is 3.36. The lowest BCUT2D eigenvalue weighted by atomic mass is 10.4. The first-order chi connectivity index (χ1) is 7.91. The van der Waals surface area contributed by atoms with Crippen LogP contribution in [-0.2, 0) is 16.6 Å². The van der Waals surface area contributed by atoms with E-state index < -0.39 is 10.0 Å². The fourth-order valence-corrected chi connectivity index (χ4v) is 2.13. The van der Waals surface area contributed by atoms with E-state index in [9.17, 15) is 13.2 Å². The molecule has 1 aliphatic carbocycles. The first-order valence-corrected chi connectivity index (χ1v) is 7.00. The van der Waals surface area contributed by atoms with E-state index in [4.69, 9.17) is 5.14 Å². The highest BCUT2D eigenvalue weighted by molar-refractivity contribution is 7.89. The van der Waals surface area contributed by atoms with Crippen molar-refractivity contribution in [2.45, 2.75) is 37.2 Å². The van der Waals surface area contributed by atoms with Crippen molar-refractivity contribution in [3.05, 3.63) is 18.0 Å². The molecule has 0 atom stereocenters. The lowest BCUT2D eigenvalue weighted by Gasteiger charge is -2.05. The zero-order valence-corrected chi connectivity index (χ0v) is 10.3. The molecule has 1 aliphatic rings. The molecule has 1 aromatic rings. The maximum absolute atomic E-state index is 11.8. The van der Waals surface area contributed by atoms with E-state index in [0.717, 1.165) is 12.8 Å². The molecule has 7 heteroatoms. The molecular formula is C10H15N3O3S. The molecule has 0 radical (unpaired) electrons. The molecule has 6 nitrogen and oxygen atoms in total. The molecule has 1 fully saturated rings. The van der Waals surface area contributed by atoms with Gasteiger partial charge in [0, 0.05) is 18.8 Å². The monoisotopic (exact) mass is 257 g/mol. The summed E-state index contributed by atoms with van der Waals surface area (Å²) >= 11 is 0. The van der Waals surface area contributed by atoms with E-state index in [1.165, 1.54) is 12.3 Å². The lowest BCUT2D eigenvalue weighted by Crippen LogP contribution is -2.27. The molecule has 1 heterocycles. The number of carbonyl (C=O) groups excluding carboxylic acids is 1. The predicted molar refractivity (Wildman–Crippen MR) is 62.0 cm³/mol. The number of amides is 1. The molecule has 0 aliphatic heterocycles. The van der Waals surface area contributed by atoms with Crippen LogP contribution in [0.15, 0.2) is 17.2 Å². The van der Waals surface area contributed by atoms with Gasteiger partial charge in [-0.3, -0.25) is 4.79 Å². The molecule has 1 aromatic heterocycles. The Bertz CT molecular complexity index is 543. The zero-order chi connectivity index (χ0) is 12.6. The van der Waals surface area contributed by atoms with Crippen molar-refractivity contribution in [2.75, 3.05) is 0 Å². The fraction of sp³-hybridized carbons (Fsp3) is 0.500. The molecule has 94 valence electrons. The van der Waals surface area contributed by atoms with Gasteiger partial charge in [0.05, 0.1) is 0 Å². The molecule has 0 aromatic carbocycles. The zero-order valence-electron chi connectivity index (χ0n) is 9.51. The highest BCUT2D eigenvalue weighted by Crippen LogP contribution is 2.20. The van der Waals surface area contributed by atoms with E-state index >= 15 is 0 Å². The Labute approximate surface area is 99.8 Å². The van der Waals surface area contributed by atoms with Gasteiger partial charge in [-0.2, -0.15) is 0 Å². The van der Waals surface area contributed by atoms with Crippen LogP contribution in [0.3, 0.4) is 0 Å². The molecule has 1 amide bonds. The Kier molecular flexibility index (Phi) is 2.96. The first-order valence-electron chi connectivity index (χ1n) is 5.45. The molecule has 3 N–H and O–H groups in total. The molecule has 2 rings (SSSR count). The van der Waals surface area contributed by atoms with Crippen LogP contribution in [-0.4, -0.2) is 24.9 Å². The highest BCUT2D eigenvalue weighted by Gasteiger charge is 2.26. The van der Waals surface area contributed by atoms with Crippen LogP contribution in [0.1, 0.15) is 30.3 Å². The van der Waals surface area contributed by atoms with Crippen molar-refractivity contribution in [3.63, 3.8) is 0 Å². The molecule has 0 unspecified atom stereocenters. The number of hydrogen-bond donors (Lipinski definition) is 2. The number of rotatable bonds is 4. The third kappa shape index (κ3) is 2.67. The maximum Gasteiger partial charge on any atom is 0.268 e. The smallest absolute Gasteiger partial charge is 0.268 e. The molecular weight excluding hydrogens is 242 g/mol. The number of aromatic nitrogens is 1. The standard InChI is InChI=1S/C10H15N3O3S/c1-2-13-6-8(17(11,15)16)5-9(13)10(14)12-7-3-4-7/h5-7H,2-4H2,1H3,(H,12,14)(H2,11,15,16). The van der Waals surface area contributed by atoms with Crippen molar-refractivity contribution in [3.8, 4) is 0 Å². The molecule has 0 bridgehead atoms. The lowest BCUT2D eigenvalue weighted by molar-refractivity contribution is 0.0942. The SMILES string of the molecule is CCn1cc(S(N)(=O)=O)cc1C(=O)NC1CC1. The Balaban J connectivity index is 2.31. The summed E-state index contributed by atoms with van der Waals surface area (Å²) < 4.78 is 24.0. The third-order valence-electron chi connectivity index (χ3n) is 2.69. The summed E-state index contributed by atoms with van der Waals surface area (Å²) in [5, 5.41) is 7.85. The number of aryl methyl sites for hydroxylation is 1. The summed E-state index contributed by atoms with van der Waals surface area (Å²) in [4.78, 5) is 11.8. The number of primary sulfonamides is 1. The number of nitrogens with zero attached hydrogens (tertiary/aromatic N) is 1. The number of carbonyl (C=O) groups is 1. The van der Waals surface area contributed by atoms with Gasteiger partial charge in [0.2, 0.25) is 10.0 Å². The van der Waals surface area contributed by atoms with E-state index in [0.29, 0.717) is 12.2 Å². The minimum atomic E-state index is -3.76. The number of sulfonamides is 1. The van der Waals surface area contributed by atoms with Crippen molar-refractivity contribution in [1.29, 1.82) is 0 Å². The summed E-state index contributed by atoms with van der Waals surface area (Å²) in [5.41, 5.74) is 0.337. The van der Waals surface area contributed by atoms with Crippen LogP contribution in [0.25, 0.3) is 0 Å². The van der Waals surface area contributed by atoms with Gasteiger partial charge in [0.25, 0.3) is 5.91 Å². The second-order valence-electron chi connectivity index (χ2n) is 4.14. The topological polar surface area (TPSA) is 94.2 Å². The molecule has 1 saturated carbocycles.